The predicted molar refractivity (Wildman–Crippen MR) is 85.8 cm³/mol. The molecule has 0 fully saturated rings. The van der Waals surface area contributed by atoms with Gasteiger partial charge in [-0.3, -0.25) is 4.79 Å². The van der Waals surface area contributed by atoms with Crippen molar-refractivity contribution in [3.05, 3.63) is 59.5 Å². The molecule has 0 spiro atoms. The largest absolute Gasteiger partial charge is 0.388 e. The van der Waals surface area contributed by atoms with E-state index < -0.39 is 0 Å². The Kier molecular flexibility index (Phi) is 3.39. The van der Waals surface area contributed by atoms with Crippen LogP contribution in [0.2, 0.25) is 0 Å². The summed E-state index contributed by atoms with van der Waals surface area (Å²) < 4.78 is 1.22. The van der Waals surface area contributed by atoms with Gasteiger partial charge in [0, 0.05) is 28.7 Å². The van der Waals surface area contributed by atoms with Crippen molar-refractivity contribution in [1.82, 2.24) is 0 Å². The maximum absolute atomic E-state index is 12.2. The third-order valence-corrected chi connectivity index (χ3v) is 4.04. The zero-order valence-corrected chi connectivity index (χ0v) is 11.8. The Labute approximate surface area is 121 Å². The molecular weight excluding hydrogens is 268 g/mol. The van der Waals surface area contributed by atoms with Gasteiger partial charge in [0.05, 0.1) is 0 Å². The molecule has 0 aliphatic rings. The van der Waals surface area contributed by atoms with Gasteiger partial charge in [-0.1, -0.05) is 0 Å². The zero-order valence-electron chi connectivity index (χ0n) is 11.0. The molecule has 2 N–H and O–H groups in total. The average molecular weight is 282 g/mol. The molecule has 20 heavy (non-hydrogen) atoms. The SMILES string of the molecule is CNc1ccc(C(=O)Nc2ccc3sccc3c2)cc1. The van der Waals surface area contributed by atoms with Crippen molar-refractivity contribution in [2.45, 2.75) is 0 Å². The van der Waals surface area contributed by atoms with E-state index >= 15 is 0 Å². The van der Waals surface area contributed by atoms with E-state index in [1.165, 1.54) is 4.70 Å². The summed E-state index contributed by atoms with van der Waals surface area (Å²) in [6, 6.07) is 15.4. The summed E-state index contributed by atoms with van der Waals surface area (Å²) >= 11 is 1.70. The van der Waals surface area contributed by atoms with E-state index in [1.54, 1.807) is 11.3 Å². The Morgan fingerprint density at radius 2 is 1.75 bits per heavy atom. The Bertz CT molecular complexity index is 747. The summed E-state index contributed by atoms with van der Waals surface area (Å²) in [5.41, 5.74) is 2.45. The third kappa shape index (κ3) is 2.51. The van der Waals surface area contributed by atoms with Crippen LogP contribution >= 0.6 is 11.3 Å². The normalized spacial score (nSPS) is 10.4. The minimum Gasteiger partial charge on any atom is -0.388 e. The molecule has 1 heterocycles. The summed E-state index contributed by atoms with van der Waals surface area (Å²) in [6.07, 6.45) is 0. The molecule has 0 bridgehead atoms. The molecular formula is C16H14N2OS. The van der Waals surface area contributed by atoms with Crippen LogP contribution in [0.1, 0.15) is 10.4 Å². The highest BCUT2D eigenvalue weighted by Gasteiger charge is 2.06. The summed E-state index contributed by atoms with van der Waals surface area (Å²) in [7, 11) is 1.85. The minimum atomic E-state index is -0.0952. The smallest absolute Gasteiger partial charge is 0.255 e. The van der Waals surface area contributed by atoms with Gasteiger partial charge in [-0.15, -0.1) is 11.3 Å². The maximum Gasteiger partial charge on any atom is 0.255 e. The number of amides is 1. The fraction of sp³-hybridized carbons (Fsp3) is 0.0625. The average Bonchev–Trinajstić information content (AvgIpc) is 2.95. The second-order valence-electron chi connectivity index (χ2n) is 4.45. The Morgan fingerprint density at radius 1 is 1.00 bits per heavy atom. The number of benzene rings is 2. The topological polar surface area (TPSA) is 41.1 Å². The van der Waals surface area contributed by atoms with Crippen LogP contribution in [0.5, 0.6) is 0 Å². The number of hydrogen-bond donors (Lipinski definition) is 2. The first-order valence-corrected chi connectivity index (χ1v) is 7.21. The van der Waals surface area contributed by atoms with E-state index in [-0.39, 0.29) is 5.91 Å². The zero-order chi connectivity index (χ0) is 13.9. The van der Waals surface area contributed by atoms with Gasteiger partial charge < -0.3 is 10.6 Å². The lowest BCUT2D eigenvalue weighted by Gasteiger charge is -2.06. The molecule has 3 aromatic rings. The van der Waals surface area contributed by atoms with Crippen LogP contribution in [0.25, 0.3) is 10.1 Å². The molecule has 0 aliphatic carbocycles. The first kappa shape index (κ1) is 12.7. The standard InChI is InChI=1S/C16H14N2OS/c1-17-13-4-2-11(3-5-13)16(19)18-14-6-7-15-12(10-14)8-9-20-15/h2-10,17H,1H3,(H,18,19). The van der Waals surface area contributed by atoms with Crippen molar-refractivity contribution in [2.24, 2.45) is 0 Å². The fourth-order valence-electron chi connectivity index (χ4n) is 2.04. The van der Waals surface area contributed by atoms with Crippen molar-refractivity contribution < 1.29 is 4.79 Å². The van der Waals surface area contributed by atoms with E-state index in [4.69, 9.17) is 0 Å². The van der Waals surface area contributed by atoms with Gasteiger partial charge in [0.1, 0.15) is 0 Å². The number of carbonyl (C=O) groups is 1. The summed E-state index contributed by atoms with van der Waals surface area (Å²) in [6.45, 7) is 0. The molecule has 2 aromatic carbocycles. The van der Waals surface area contributed by atoms with Crippen molar-refractivity contribution in [3.8, 4) is 0 Å². The molecule has 0 saturated carbocycles. The summed E-state index contributed by atoms with van der Waals surface area (Å²) in [5.74, 6) is -0.0952. The Hall–Kier alpha value is -2.33. The van der Waals surface area contributed by atoms with Crippen LogP contribution in [-0.4, -0.2) is 13.0 Å². The number of hydrogen-bond acceptors (Lipinski definition) is 3. The number of fused-ring (bicyclic) bond motifs is 1. The number of carbonyl (C=O) groups excluding carboxylic acids is 1. The molecule has 3 rings (SSSR count). The first-order chi connectivity index (χ1) is 9.76. The van der Waals surface area contributed by atoms with Gasteiger partial charge in [-0.2, -0.15) is 0 Å². The van der Waals surface area contributed by atoms with E-state index in [9.17, 15) is 4.79 Å². The van der Waals surface area contributed by atoms with E-state index in [2.05, 4.69) is 16.7 Å². The van der Waals surface area contributed by atoms with Gasteiger partial charge in [-0.05, 0) is 59.3 Å². The Balaban J connectivity index is 1.80. The highest BCUT2D eigenvalue weighted by molar-refractivity contribution is 7.17. The van der Waals surface area contributed by atoms with E-state index in [0.717, 1.165) is 16.8 Å². The summed E-state index contributed by atoms with van der Waals surface area (Å²) in [5, 5.41) is 9.15. The molecule has 0 radical (unpaired) electrons. The fourth-order valence-corrected chi connectivity index (χ4v) is 2.81. The van der Waals surface area contributed by atoms with Crippen LogP contribution < -0.4 is 10.6 Å². The number of rotatable bonds is 3. The van der Waals surface area contributed by atoms with Crippen LogP contribution in [0.15, 0.2) is 53.9 Å². The third-order valence-electron chi connectivity index (χ3n) is 3.15. The minimum absolute atomic E-state index is 0.0952. The summed E-state index contributed by atoms with van der Waals surface area (Å²) in [4.78, 5) is 12.2. The van der Waals surface area contributed by atoms with Crippen molar-refractivity contribution in [3.63, 3.8) is 0 Å². The number of thiophene rings is 1. The highest BCUT2D eigenvalue weighted by atomic mass is 32.1. The van der Waals surface area contributed by atoms with E-state index in [0.29, 0.717) is 5.56 Å². The lowest BCUT2D eigenvalue weighted by atomic mass is 10.2. The van der Waals surface area contributed by atoms with Gasteiger partial charge in [-0.25, -0.2) is 0 Å². The molecule has 1 amide bonds. The van der Waals surface area contributed by atoms with Gasteiger partial charge in [0.2, 0.25) is 0 Å². The molecule has 1 aromatic heterocycles. The molecule has 0 unspecified atom stereocenters. The van der Waals surface area contributed by atoms with Gasteiger partial charge in [0.15, 0.2) is 0 Å². The van der Waals surface area contributed by atoms with Gasteiger partial charge >= 0.3 is 0 Å². The van der Waals surface area contributed by atoms with Crippen molar-refractivity contribution >= 4 is 38.7 Å². The number of nitrogens with one attached hydrogen (secondary N) is 2. The lowest BCUT2D eigenvalue weighted by molar-refractivity contribution is 0.102. The van der Waals surface area contributed by atoms with Gasteiger partial charge in [0.25, 0.3) is 5.91 Å². The first-order valence-electron chi connectivity index (χ1n) is 6.33. The van der Waals surface area contributed by atoms with Crippen LogP contribution in [-0.2, 0) is 0 Å². The number of anilines is 2. The molecule has 100 valence electrons. The van der Waals surface area contributed by atoms with Crippen molar-refractivity contribution in [1.29, 1.82) is 0 Å². The predicted octanol–water partition coefficient (Wildman–Crippen LogP) is 4.20. The molecule has 3 nitrogen and oxygen atoms in total. The second-order valence-corrected chi connectivity index (χ2v) is 5.40. The second kappa shape index (κ2) is 5.35. The lowest BCUT2D eigenvalue weighted by Crippen LogP contribution is -2.11. The molecule has 0 atom stereocenters. The highest BCUT2D eigenvalue weighted by Crippen LogP contribution is 2.24. The molecule has 4 heteroatoms. The molecule has 0 aliphatic heterocycles. The van der Waals surface area contributed by atoms with Crippen LogP contribution in [0.4, 0.5) is 11.4 Å². The molecule has 0 saturated heterocycles. The monoisotopic (exact) mass is 282 g/mol. The quantitative estimate of drug-likeness (QED) is 0.756. The van der Waals surface area contributed by atoms with E-state index in [1.807, 2.05) is 54.9 Å². The van der Waals surface area contributed by atoms with Crippen LogP contribution in [0.3, 0.4) is 0 Å². The van der Waals surface area contributed by atoms with Crippen molar-refractivity contribution in [2.75, 3.05) is 17.7 Å². The van der Waals surface area contributed by atoms with Crippen LogP contribution in [0, 0.1) is 0 Å². The maximum atomic E-state index is 12.2. The Morgan fingerprint density at radius 3 is 2.50 bits per heavy atom.